The topological polar surface area (TPSA) is 194 Å². The largest absolute Gasteiger partial charge is 0.481 e. The Hall–Kier alpha value is -2.65. The van der Waals surface area contributed by atoms with Crippen LogP contribution in [0.4, 0.5) is 0 Å². The number of rotatable bonds is 12. The molecule has 2 amide bonds. The third kappa shape index (κ3) is 5.47. The van der Waals surface area contributed by atoms with Gasteiger partial charge in [0, 0.05) is 24.5 Å². The number of hydrogen-bond acceptors (Lipinski definition) is 10. The number of amides is 2. The third-order valence-electron chi connectivity index (χ3n) is 5.43. The van der Waals surface area contributed by atoms with Crippen molar-refractivity contribution in [3.8, 4) is 0 Å². The number of aliphatic carboxylic acids is 2. The van der Waals surface area contributed by atoms with Crippen LogP contribution in [0.5, 0.6) is 0 Å². The Morgan fingerprint density at radius 3 is 2.85 bits per heavy atom. The molecule has 180 valence electrons. The maximum atomic E-state index is 12.6. The smallest absolute Gasteiger partial charge is 0.320 e. The number of aromatic nitrogens is 4. The lowest BCUT2D eigenvalue weighted by molar-refractivity contribution is -0.157. The zero-order chi connectivity index (χ0) is 24.2. The van der Waals surface area contributed by atoms with E-state index in [1.807, 2.05) is 0 Å². The van der Waals surface area contributed by atoms with Crippen molar-refractivity contribution in [3.63, 3.8) is 0 Å². The van der Waals surface area contributed by atoms with Gasteiger partial charge < -0.3 is 26.2 Å². The summed E-state index contributed by atoms with van der Waals surface area (Å²) in [6, 6.07) is -1.76. The summed E-state index contributed by atoms with van der Waals surface area (Å²) in [5, 5.41) is 32.9. The molecule has 15 heteroatoms. The Labute approximate surface area is 197 Å². The van der Waals surface area contributed by atoms with Crippen LogP contribution in [-0.2, 0) is 25.7 Å². The summed E-state index contributed by atoms with van der Waals surface area (Å²) in [7, 11) is 0. The van der Waals surface area contributed by atoms with Crippen LogP contribution in [0.1, 0.15) is 19.3 Å². The van der Waals surface area contributed by atoms with Crippen LogP contribution < -0.4 is 11.1 Å². The van der Waals surface area contributed by atoms with Gasteiger partial charge in [-0.3, -0.25) is 19.2 Å². The summed E-state index contributed by atoms with van der Waals surface area (Å²) in [4.78, 5) is 49.2. The quantitative estimate of drug-likeness (QED) is 0.156. The summed E-state index contributed by atoms with van der Waals surface area (Å²) in [6.45, 7) is 4.05. The molecule has 2 aliphatic rings. The minimum absolute atomic E-state index is 0.0225. The third-order valence-corrected chi connectivity index (χ3v) is 8.26. The number of nitrogens with one attached hydrogen (secondary N) is 1. The maximum Gasteiger partial charge on any atom is 0.320 e. The lowest BCUT2D eigenvalue weighted by Gasteiger charge is -2.53. The first kappa shape index (κ1) is 25.0. The van der Waals surface area contributed by atoms with Crippen molar-refractivity contribution in [2.45, 2.75) is 48.4 Å². The number of carboxylic acids is 2. The molecule has 1 aromatic heterocycles. The molecule has 0 saturated carbocycles. The predicted molar refractivity (Wildman–Crippen MR) is 118 cm³/mol. The van der Waals surface area contributed by atoms with E-state index in [2.05, 4.69) is 27.4 Å². The number of carbonyl (C=O) groups is 4. The number of carboxylic acid groups (broad SMARTS) is 2. The van der Waals surface area contributed by atoms with Gasteiger partial charge in [0.05, 0.1) is 6.54 Å². The number of nitrogens with zero attached hydrogens (tertiary/aromatic N) is 5. The second-order valence-electron chi connectivity index (χ2n) is 7.86. The molecule has 2 fully saturated rings. The number of carbonyl (C=O) groups excluding carboxylic acids is 2. The zero-order valence-electron chi connectivity index (χ0n) is 17.6. The number of tetrazole rings is 1. The first-order chi connectivity index (χ1) is 15.7. The van der Waals surface area contributed by atoms with Crippen molar-refractivity contribution in [3.05, 3.63) is 12.7 Å². The molecule has 33 heavy (non-hydrogen) atoms. The monoisotopic (exact) mass is 499 g/mol. The highest BCUT2D eigenvalue weighted by molar-refractivity contribution is 8.00. The first-order valence-corrected chi connectivity index (χ1v) is 12.1. The molecule has 3 rings (SSSR count). The van der Waals surface area contributed by atoms with E-state index in [0.29, 0.717) is 11.7 Å². The second kappa shape index (κ2) is 10.5. The number of hydrogen-bond donors (Lipinski definition) is 4. The Bertz CT molecular complexity index is 943. The van der Waals surface area contributed by atoms with E-state index in [4.69, 9.17) is 10.8 Å². The average Bonchev–Trinajstić information content (AvgIpc) is 3.22. The number of fused-ring (bicyclic) bond motifs is 1. The van der Waals surface area contributed by atoms with Crippen molar-refractivity contribution in [1.29, 1.82) is 0 Å². The number of allylic oxidation sites excluding steroid dienone is 1. The van der Waals surface area contributed by atoms with E-state index in [0.717, 1.165) is 0 Å². The molecular formula is C18H25N7O6S2. The zero-order valence-corrected chi connectivity index (χ0v) is 19.3. The molecule has 3 heterocycles. The highest BCUT2D eigenvalue weighted by Gasteiger charge is 2.57. The number of β-lactam (4-membered cyclic amide) rings is 1. The molecule has 2 aliphatic heterocycles. The van der Waals surface area contributed by atoms with Crippen molar-refractivity contribution >= 4 is 47.3 Å². The molecule has 1 aromatic rings. The summed E-state index contributed by atoms with van der Waals surface area (Å²) < 4.78 is 1.51. The fourth-order valence-corrected chi connectivity index (χ4v) is 6.24. The number of nitrogens with two attached hydrogens (primary N) is 1. The SMILES string of the molecule is C=CCn1nnnc1SCC1(C(=O)O)CS[C@@H]2C(NC(=O)CCCC(N)C(=O)O)C(=O)N2C1. The minimum Gasteiger partial charge on any atom is -0.481 e. The van der Waals surface area contributed by atoms with Gasteiger partial charge in [0.2, 0.25) is 17.0 Å². The molecule has 0 aliphatic carbocycles. The van der Waals surface area contributed by atoms with Crippen molar-refractivity contribution in [2.24, 2.45) is 11.1 Å². The molecule has 4 atom stereocenters. The van der Waals surface area contributed by atoms with E-state index >= 15 is 0 Å². The van der Waals surface area contributed by atoms with Gasteiger partial charge in [-0.25, -0.2) is 4.68 Å². The lowest BCUT2D eigenvalue weighted by Crippen LogP contribution is -2.74. The highest BCUT2D eigenvalue weighted by atomic mass is 32.2. The van der Waals surface area contributed by atoms with E-state index < -0.39 is 29.4 Å². The molecule has 13 nitrogen and oxygen atoms in total. The maximum absolute atomic E-state index is 12.6. The van der Waals surface area contributed by atoms with Gasteiger partial charge in [-0.2, -0.15) is 0 Å². The molecule has 0 aromatic carbocycles. The van der Waals surface area contributed by atoms with Crippen LogP contribution >= 0.6 is 23.5 Å². The first-order valence-electron chi connectivity index (χ1n) is 10.1. The highest BCUT2D eigenvalue weighted by Crippen LogP contribution is 2.44. The molecule has 0 spiro atoms. The van der Waals surface area contributed by atoms with Gasteiger partial charge in [0.25, 0.3) is 0 Å². The van der Waals surface area contributed by atoms with Crippen LogP contribution in [0.3, 0.4) is 0 Å². The Kier molecular flexibility index (Phi) is 7.97. The summed E-state index contributed by atoms with van der Waals surface area (Å²) in [5.41, 5.74) is 4.23. The van der Waals surface area contributed by atoms with Crippen LogP contribution in [0.2, 0.25) is 0 Å². The normalized spacial score (nSPS) is 25.0. The predicted octanol–water partition coefficient (Wildman–Crippen LogP) is -0.996. The van der Waals surface area contributed by atoms with Crippen molar-refractivity contribution in [1.82, 2.24) is 30.4 Å². The fraction of sp³-hybridized carbons (Fsp3) is 0.611. The summed E-state index contributed by atoms with van der Waals surface area (Å²) in [5.74, 6) is -2.42. The van der Waals surface area contributed by atoms with Gasteiger partial charge in [-0.1, -0.05) is 17.8 Å². The molecule has 5 N–H and O–H groups in total. The number of thioether (sulfide) groups is 2. The van der Waals surface area contributed by atoms with Gasteiger partial charge in [-0.05, 0) is 23.3 Å². The van der Waals surface area contributed by atoms with Gasteiger partial charge in [-0.15, -0.1) is 23.4 Å². The molecule has 3 unspecified atom stereocenters. The van der Waals surface area contributed by atoms with Crippen LogP contribution in [0.25, 0.3) is 0 Å². The molecule has 0 bridgehead atoms. The molecule has 0 radical (unpaired) electrons. The lowest BCUT2D eigenvalue weighted by atomic mass is 9.89. The van der Waals surface area contributed by atoms with E-state index in [9.17, 15) is 24.3 Å². The molecule has 2 saturated heterocycles. The van der Waals surface area contributed by atoms with Gasteiger partial charge >= 0.3 is 11.9 Å². The standard InChI is InChI=1S/C18H25N7O6S2/c1-2-6-25-17(21-22-23-25)33-9-18(16(30)31)7-24-13(27)12(14(24)32-8-18)20-11(26)5-3-4-10(19)15(28)29/h2,10,12,14H,1,3-9,19H2,(H,20,26)(H,28,29)(H,30,31)/t10?,12?,14-,18?/m1/s1. The minimum atomic E-state index is -1.19. The van der Waals surface area contributed by atoms with E-state index in [1.54, 1.807) is 6.08 Å². The average molecular weight is 500 g/mol. The fourth-order valence-electron chi connectivity index (χ4n) is 3.50. The van der Waals surface area contributed by atoms with Crippen LogP contribution in [-0.4, -0.2) is 94.6 Å². The van der Waals surface area contributed by atoms with Crippen molar-refractivity contribution < 1.29 is 29.4 Å². The Morgan fingerprint density at radius 2 is 2.18 bits per heavy atom. The van der Waals surface area contributed by atoms with Crippen LogP contribution in [0, 0.1) is 5.41 Å². The van der Waals surface area contributed by atoms with Crippen LogP contribution in [0.15, 0.2) is 17.8 Å². The Balaban J connectivity index is 1.54. The summed E-state index contributed by atoms with van der Waals surface area (Å²) >= 11 is 2.52. The van der Waals surface area contributed by atoms with E-state index in [-0.39, 0.29) is 54.5 Å². The summed E-state index contributed by atoms with van der Waals surface area (Å²) in [6.07, 6.45) is 2.12. The second-order valence-corrected chi connectivity index (χ2v) is 9.90. The van der Waals surface area contributed by atoms with Crippen molar-refractivity contribution in [2.75, 3.05) is 18.1 Å². The van der Waals surface area contributed by atoms with Gasteiger partial charge in [0.1, 0.15) is 22.9 Å². The Morgan fingerprint density at radius 1 is 1.42 bits per heavy atom. The van der Waals surface area contributed by atoms with E-state index in [1.165, 1.54) is 33.1 Å². The van der Waals surface area contributed by atoms with Gasteiger partial charge in [0.15, 0.2) is 0 Å². The molecular weight excluding hydrogens is 474 g/mol.